The molecular weight excluding hydrogens is 407 g/mol. The smallest absolute Gasteiger partial charge is 0.229 e. The Morgan fingerprint density at radius 1 is 1.22 bits per heavy atom. The number of halogens is 1. The van der Waals surface area contributed by atoms with Gasteiger partial charge in [0.05, 0.1) is 42.6 Å². The average Bonchev–Trinajstić information content (AvgIpc) is 3.52. The van der Waals surface area contributed by atoms with E-state index in [-0.39, 0.29) is 12.2 Å². The highest BCUT2D eigenvalue weighted by atomic mass is 19.1. The number of hydrogen-bond donors (Lipinski definition) is 1. The van der Waals surface area contributed by atoms with Gasteiger partial charge >= 0.3 is 0 Å². The number of likely N-dealkylation sites (tertiary alicyclic amines) is 1. The Morgan fingerprint density at radius 3 is 2.69 bits per heavy atom. The molecule has 9 heteroatoms. The summed E-state index contributed by atoms with van der Waals surface area (Å²) in [6.07, 6.45) is 11.3. The molecule has 4 heterocycles. The molecule has 3 fully saturated rings. The van der Waals surface area contributed by atoms with E-state index >= 15 is 0 Å². The second-order valence-electron chi connectivity index (χ2n) is 9.59. The Kier molecular flexibility index (Phi) is 5.72. The van der Waals surface area contributed by atoms with Crippen molar-refractivity contribution in [2.75, 3.05) is 43.1 Å². The maximum Gasteiger partial charge on any atom is 0.229 e. The number of nitriles is 1. The number of aromatic nitrogens is 4. The molecule has 1 aliphatic carbocycles. The van der Waals surface area contributed by atoms with Crippen molar-refractivity contribution in [2.45, 2.75) is 57.0 Å². The van der Waals surface area contributed by atoms with Gasteiger partial charge < -0.3 is 10.2 Å². The molecule has 5 rings (SSSR count). The molecule has 1 N–H and O–H groups in total. The summed E-state index contributed by atoms with van der Waals surface area (Å²) in [6.45, 7) is 5.25. The zero-order valence-electron chi connectivity index (χ0n) is 18.7. The molecular formula is C23H31FN8. The standard InChI is InChI=1S/C23H31FN8/c1-17-12-26-22(28-19-13-27-32(14-19)20-2-3-20)29-21(17)30-15-23(16-30,7-9-25)31-10-5-18(4-8-24)6-11-31/h12-14,18,20H,2-8,10-11,15-16H2,1H3,(H,26,28,29). The number of aryl methyl sites for hydroxylation is 1. The number of nitrogens with zero attached hydrogens (tertiary/aromatic N) is 7. The van der Waals surface area contributed by atoms with Crippen molar-refractivity contribution in [3.63, 3.8) is 0 Å². The van der Waals surface area contributed by atoms with Crippen molar-refractivity contribution >= 4 is 17.5 Å². The SMILES string of the molecule is Cc1cnc(Nc2cnn(C3CC3)c2)nc1N1CC(CC#N)(N2CCC(CCF)CC2)C1. The van der Waals surface area contributed by atoms with Crippen LogP contribution in [0.15, 0.2) is 18.6 Å². The number of piperidine rings is 1. The normalized spacial score (nSPS) is 21.2. The molecule has 1 saturated carbocycles. The Balaban J connectivity index is 1.26. The van der Waals surface area contributed by atoms with Crippen LogP contribution in [0.5, 0.6) is 0 Å². The topological polar surface area (TPSA) is 85.9 Å². The van der Waals surface area contributed by atoms with E-state index in [4.69, 9.17) is 4.98 Å². The molecule has 3 aliphatic rings. The lowest BCUT2D eigenvalue weighted by molar-refractivity contribution is 0.0275. The third-order valence-electron chi connectivity index (χ3n) is 7.20. The van der Waals surface area contributed by atoms with E-state index in [2.05, 4.69) is 31.3 Å². The monoisotopic (exact) mass is 438 g/mol. The summed E-state index contributed by atoms with van der Waals surface area (Å²) < 4.78 is 14.7. The summed E-state index contributed by atoms with van der Waals surface area (Å²) in [6, 6.07) is 2.95. The van der Waals surface area contributed by atoms with Crippen LogP contribution in [0, 0.1) is 24.2 Å². The molecule has 0 aromatic carbocycles. The van der Waals surface area contributed by atoms with Crippen molar-refractivity contribution in [1.82, 2.24) is 24.6 Å². The average molecular weight is 439 g/mol. The van der Waals surface area contributed by atoms with Crippen LogP contribution < -0.4 is 10.2 Å². The minimum absolute atomic E-state index is 0.133. The molecule has 0 atom stereocenters. The number of nitrogens with one attached hydrogen (secondary N) is 1. The van der Waals surface area contributed by atoms with E-state index in [1.807, 2.05) is 30.2 Å². The number of alkyl halides is 1. The van der Waals surface area contributed by atoms with Crippen LogP contribution in [0.4, 0.5) is 21.8 Å². The van der Waals surface area contributed by atoms with Crippen molar-refractivity contribution in [2.24, 2.45) is 5.92 Å². The molecule has 0 radical (unpaired) electrons. The van der Waals surface area contributed by atoms with E-state index in [0.717, 1.165) is 56.1 Å². The maximum atomic E-state index is 12.7. The summed E-state index contributed by atoms with van der Waals surface area (Å²) in [4.78, 5) is 14.0. The van der Waals surface area contributed by atoms with Crippen LogP contribution in [0.25, 0.3) is 0 Å². The van der Waals surface area contributed by atoms with E-state index in [1.54, 1.807) is 0 Å². The van der Waals surface area contributed by atoms with Gasteiger partial charge in [0.15, 0.2) is 0 Å². The number of rotatable bonds is 8. The fourth-order valence-electron chi connectivity index (χ4n) is 5.12. The lowest BCUT2D eigenvalue weighted by atomic mass is 9.81. The predicted octanol–water partition coefficient (Wildman–Crippen LogP) is 3.60. The van der Waals surface area contributed by atoms with Gasteiger partial charge in [-0.2, -0.15) is 15.3 Å². The minimum Gasteiger partial charge on any atom is -0.352 e. The molecule has 2 saturated heterocycles. The van der Waals surface area contributed by atoms with E-state index in [0.29, 0.717) is 30.7 Å². The van der Waals surface area contributed by atoms with E-state index in [9.17, 15) is 9.65 Å². The van der Waals surface area contributed by atoms with Gasteiger partial charge in [-0.3, -0.25) is 14.0 Å². The van der Waals surface area contributed by atoms with Gasteiger partial charge in [0.25, 0.3) is 0 Å². The van der Waals surface area contributed by atoms with Crippen molar-refractivity contribution in [3.05, 3.63) is 24.2 Å². The van der Waals surface area contributed by atoms with Gasteiger partial charge in [0.2, 0.25) is 5.95 Å². The molecule has 2 aliphatic heterocycles. The van der Waals surface area contributed by atoms with Gasteiger partial charge in [0, 0.05) is 31.0 Å². The van der Waals surface area contributed by atoms with Gasteiger partial charge in [-0.05, 0) is 58.0 Å². The fourth-order valence-corrected chi connectivity index (χ4v) is 5.12. The van der Waals surface area contributed by atoms with Crippen molar-refractivity contribution in [1.29, 1.82) is 5.26 Å². The first kappa shape index (κ1) is 21.1. The molecule has 2 aromatic rings. The molecule has 2 aromatic heterocycles. The Hall–Kier alpha value is -2.73. The Morgan fingerprint density at radius 2 is 2.00 bits per heavy atom. The highest BCUT2D eigenvalue weighted by molar-refractivity contribution is 5.57. The zero-order chi connectivity index (χ0) is 22.1. The summed E-state index contributed by atoms with van der Waals surface area (Å²) in [5.41, 5.74) is 1.79. The first-order valence-corrected chi connectivity index (χ1v) is 11.7. The van der Waals surface area contributed by atoms with E-state index in [1.165, 1.54) is 12.8 Å². The Bertz CT molecular complexity index is 980. The highest BCUT2D eigenvalue weighted by Gasteiger charge is 2.49. The van der Waals surface area contributed by atoms with Gasteiger partial charge in [-0.25, -0.2) is 4.98 Å². The fraction of sp³-hybridized carbons (Fsp3) is 0.652. The summed E-state index contributed by atoms with van der Waals surface area (Å²) in [5, 5.41) is 17.2. The zero-order valence-corrected chi connectivity index (χ0v) is 18.7. The lowest BCUT2D eigenvalue weighted by Crippen LogP contribution is -2.71. The van der Waals surface area contributed by atoms with Gasteiger partial charge in [-0.1, -0.05) is 0 Å². The molecule has 0 bridgehead atoms. The van der Waals surface area contributed by atoms with Gasteiger partial charge in [0.1, 0.15) is 5.82 Å². The van der Waals surface area contributed by atoms with Gasteiger partial charge in [-0.15, -0.1) is 0 Å². The third kappa shape index (κ3) is 4.16. The molecule has 8 nitrogen and oxygen atoms in total. The summed E-state index contributed by atoms with van der Waals surface area (Å²) in [7, 11) is 0. The van der Waals surface area contributed by atoms with Crippen LogP contribution in [0.3, 0.4) is 0 Å². The van der Waals surface area contributed by atoms with Crippen molar-refractivity contribution in [3.8, 4) is 6.07 Å². The molecule has 0 spiro atoms. The first-order chi connectivity index (χ1) is 15.6. The van der Waals surface area contributed by atoms with Crippen molar-refractivity contribution < 1.29 is 4.39 Å². The molecule has 32 heavy (non-hydrogen) atoms. The Labute approximate surface area is 188 Å². The third-order valence-corrected chi connectivity index (χ3v) is 7.20. The van der Waals surface area contributed by atoms with Crippen LogP contribution in [0.2, 0.25) is 0 Å². The summed E-state index contributed by atoms with van der Waals surface area (Å²) >= 11 is 0. The molecule has 0 amide bonds. The second-order valence-corrected chi connectivity index (χ2v) is 9.59. The van der Waals surface area contributed by atoms with Crippen LogP contribution in [-0.2, 0) is 0 Å². The number of hydrogen-bond acceptors (Lipinski definition) is 7. The quantitative estimate of drug-likeness (QED) is 0.674. The highest BCUT2D eigenvalue weighted by Crippen LogP contribution is 2.38. The maximum absolute atomic E-state index is 12.7. The van der Waals surface area contributed by atoms with Crippen LogP contribution in [-0.4, -0.2) is 63.0 Å². The van der Waals surface area contributed by atoms with Crippen LogP contribution >= 0.6 is 0 Å². The molecule has 0 unspecified atom stereocenters. The predicted molar refractivity (Wildman–Crippen MR) is 121 cm³/mol. The minimum atomic E-state index is -0.230. The van der Waals surface area contributed by atoms with Crippen LogP contribution in [0.1, 0.15) is 50.1 Å². The second kappa shape index (κ2) is 8.66. The molecule has 170 valence electrons. The first-order valence-electron chi connectivity index (χ1n) is 11.7. The summed E-state index contributed by atoms with van der Waals surface area (Å²) in [5.74, 6) is 1.96. The largest absolute Gasteiger partial charge is 0.352 e. The lowest BCUT2D eigenvalue weighted by Gasteiger charge is -2.57. The number of anilines is 3. The van der Waals surface area contributed by atoms with E-state index < -0.39 is 0 Å².